The maximum Gasteiger partial charge on any atom is 0.343 e. The van der Waals surface area contributed by atoms with Crippen LogP contribution in [0.3, 0.4) is 0 Å². The van der Waals surface area contributed by atoms with Crippen LogP contribution < -0.4 is 0 Å². The Morgan fingerprint density at radius 2 is 1.89 bits per heavy atom. The lowest BCUT2D eigenvalue weighted by atomic mass is 9.82. The van der Waals surface area contributed by atoms with Crippen LogP contribution in [0, 0.1) is 0 Å². The fraction of sp³-hybridized carbons (Fsp3) is 0.632. The number of rotatable bonds is 3. The van der Waals surface area contributed by atoms with E-state index in [-0.39, 0.29) is 36.4 Å². The van der Waals surface area contributed by atoms with Gasteiger partial charge in [0.05, 0.1) is 11.2 Å². The number of carbonyl (C=O) groups is 3. The van der Waals surface area contributed by atoms with Crippen molar-refractivity contribution < 1.29 is 43.5 Å². The highest BCUT2D eigenvalue weighted by atomic mass is 16.7. The molecule has 3 aliphatic rings. The predicted octanol–water partition coefficient (Wildman–Crippen LogP) is 0.631. The number of carbonyl (C=O) groups excluding carboxylic acids is 3. The summed E-state index contributed by atoms with van der Waals surface area (Å²) >= 11 is 0. The highest BCUT2D eigenvalue weighted by molar-refractivity contribution is 5.95. The van der Waals surface area contributed by atoms with Crippen molar-refractivity contribution in [1.29, 1.82) is 0 Å². The zero-order valence-electron chi connectivity index (χ0n) is 16.2. The summed E-state index contributed by atoms with van der Waals surface area (Å²) in [5.74, 6) is -3.76. The van der Waals surface area contributed by atoms with E-state index < -0.39 is 41.0 Å². The molecule has 4 atom stereocenters. The van der Waals surface area contributed by atoms with Gasteiger partial charge in [-0.15, -0.1) is 0 Å². The van der Waals surface area contributed by atoms with E-state index in [4.69, 9.17) is 18.9 Å². The van der Waals surface area contributed by atoms with Crippen LogP contribution in [0.5, 0.6) is 0 Å². The Kier molecular flexibility index (Phi) is 4.89. The molecule has 154 valence electrons. The predicted molar refractivity (Wildman–Crippen MR) is 92.3 cm³/mol. The summed E-state index contributed by atoms with van der Waals surface area (Å²) in [6, 6.07) is 0. The first-order chi connectivity index (χ1) is 12.9. The summed E-state index contributed by atoms with van der Waals surface area (Å²) in [6.07, 6.45) is 0.653. The van der Waals surface area contributed by atoms with Gasteiger partial charge in [0.25, 0.3) is 0 Å². The van der Waals surface area contributed by atoms with Crippen molar-refractivity contribution in [1.82, 2.24) is 0 Å². The second kappa shape index (κ2) is 6.68. The Morgan fingerprint density at radius 1 is 1.21 bits per heavy atom. The van der Waals surface area contributed by atoms with E-state index in [1.807, 2.05) is 0 Å². The molecule has 1 saturated heterocycles. The Bertz CT molecular complexity index is 793. The van der Waals surface area contributed by atoms with Gasteiger partial charge in [-0.2, -0.15) is 0 Å². The second-order valence-corrected chi connectivity index (χ2v) is 7.85. The van der Waals surface area contributed by atoms with Crippen LogP contribution in [0.4, 0.5) is 0 Å². The molecule has 0 saturated carbocycles. The van der Waals surface area contributed by atoms with Crippen LogP contribution in [0.1, 0.15) is 47.0 Å². The first-order valence-corrected chi connectivity index (χ1v) is 9.00. The highest BCUT2D eigenvalue weighted by Gasteiger charge is 2.58. The first kappa shape index (κ1) is 20.5. The van der Waals surface area contributed by atoms with E-state index >= 15 is 0 Å². The lowest BCUT2D eigenvalue weighted by Gasteiger charge is -2.40. The molecule has 3 aliphatic heterocycles. The summed E-state index contributed by atoms with van der Waals surface area (Å²) in [5.41, 5.74) is -2.62. The van der Waals surface area contributed by atoms with Gasteiger partial charge >= 0.3 is 17.9 Å². The number of hydrogen-bond donors (Lipinski definition) is 2. The van der Waals surface area contributed by atoms with E-state index in [2.05, 4.69) is 0 Å². The minimum Gasteiger partial charge on any atom is -0.461 e. The maximum absolute atomic E-state index is 12.4. The Hall–Kier alpha value is -2.23. The monoisotopic (exact) mass is 396 g/mol. The van der Waals surface area contributed by atoms with Gasteiger partial charge in [-0.3, -0.25) is 9.59 Å². The van der Waals surface area contributed by atoms with Gasteiger partial charge < -0.3 is 29.2 Å². The molecule has 0 aromatic rings. The van der Waals surface area contributed by atoms with Crippen molar-refractivity contribution in [2.45, 2.75) is 70.1 Å². The average Bonchev–Trinajstić information content (AvgIpc) is 3.01. The lowest BCUT2D eigenvalue weighted by Crippen LogP contribution is -2.54. The van der Waals surface area contributed by atoms with E-state index in [1.165, 1.54) is 26.8 Å². The van der Waals surface area contributed by atoms with E-state index in [9.17, 15) is 24.6 Å². The topological polar surface area (TPSA) is 129 Å². The van der Waals surface area contributed by atoms with Gasteiger partial charge in [-0.25, -0.2) is 4.79 Å². The molecule has 28 heavy (non-hydrogen) atoms. The molecular weight excluding hydrogens is 372 g/mol. The fourth-order valence-electron chi connectivity index (χ4n) is 3.83. The Morgan fingerprint density at radius 3 is 2.50 bits per heavy atom. The minimum absolute atomic E-state index is 0.0110. The van der Waals surface area contributed by atoms with E-state index in [0.717, 1.165) is 0 Å². The largest absolute Gasteiger partial charge is 0.461 e. The summed E-state index contributed by atoms with van der Waals surface area (Å²) in [5, 5.41) is 21.9. The molecule has 0 spiro atoms. The third kappa shape index (κ3) is 3.57. The minimum atomic E-state index is -1.88. The zero-order chi connectivity index (χ0) is 20.9. The lowest BCUT2D eigenvalue weighted by molar-refractivity contribution is -0.298. The third-order valence-electron chi connectivity index (χ3n) is 5.31. The molecule has 9 heteroatoms. The Balaban J connectivity index is 2.16. The van der Waals surface area contributed by atoms with E-state index in [0.29, 0.717) is 6.42 Å². The van der Waals surface area contributed by atoms with Gasteiger partial charge in [-0.1, -0.05) is 0 Å². The molecule has 0 radical (unpaired) electrons. The number of fused-ring (bicyclic) bond motifs is 3. The molecule has 0 aromatic heterocycles. The van der Waals surface area contributed by atoms with Crippen LogP contribution in [-0.4, -0.2) is 57.8 Å². The van der Waals surface area contributed by atoms with Crippen LogP contribution in [0.15, 0.2) is 23.0 Å². The number of esters is 3. The van der Waals surface area contributed by atoms with Crippen molar-refractivity contribution in [3.05, 3.63) is 23.0 Å². The summed E-state index contributed by atoms with van der Waals surface area (Å²) in [4.78, 5) is 35.3. The SMILES string of the molecule is CC(=O)OCC1=C2/C(=C\[C@]3(C)CC[C@@](O)(O3)[C@@](C)(O)C[C@H]2OC(C)=O)OC1=O. The number of aliphatic hydroxyl groups is 2. The molecule has 0 aliphatic carbocycles. The van der Waals surface area contributed by atoms with Crippen molar-refractivity contribution in [2.75, 3.05) is 6.61 Å². The van der Waals surface area contributed by atoms with E-state index in [1.54, 1.807) is 6.92 Å². The zero-order valence-corrected chi connectivity index (χ0v) is 16.2. The van der Waals surface area contributed by atoms with Gasteiger partial charge in [0.15, 0.2) is 5.79 Å². The van der Waals surface area contributed by atoms with Crippen LogP contribution in [-0.2, 0) is 33.3 Å². The summed E-state index contributed by atoms with van der Waals surface area (Å²) in [6.45, 7) is 5.08. The molecule has 2 N–H and O–H groups in total. The second-order valence-electron chi connectivity index (χ2n) is 7.85. The van der Waals surface area contributed by atoms with Gasteiger partial charge in [0, 0.05) is 32.3 Å². The van der Waals surface area contributed by atoms with Crippen LogP contribution in [0.2, 0.25) is 0 Å². The highest BCUT2D eigenvalue weighted by Crippen LogP contribution is 2.49. The molecule has 0 amide bonds. The van der Waals surface area contributed by atoms with Crippen molar-refractivity contribution in [3.63, 3.8) is 0 Å². The quantitative estimate of drug-likeness (QED) is 0.521. The van der Waals surface area contributed by atoms with Gasteiger partial charge in [-0.05, 0) is 26.3 Å². The van der Waals surface area contributed by atoms with Gasteiger partial charge in [0.2, 0.25) is 0 Å². The fourth-order valence-corrected chi connectivity index (χ4v) is 3.83. The van der Waals surface area contributed by atoms with Crippen LogP contribution >= 0.6 is 0 Å². The smallest absolute Gasteiger partial charge is 0.343 e. The van der Waals surface area contributed by atoms with Crippen LogP contribution in [0.25, 0.3) is 0 Å². The molecule has 0 aromatic carbocycles. The number of ether oxygens (including phenoxy) is 4. The van der Waals surface area contributed by atoms with Gasteiger partial charge in [0.1, 0.15) is 24.1 Å². The molecule has 0 unspecified atom stereocenters. The molecule has 1 fully saturated rings. The molecular formula is C19H24O9. The third-order valence-corrected chi connectivity index (χ3v) is 5.31. The molecule has 9 nitrogen and oxygen atoms in total. The molecule has 3 heterocycles. The summed E-state index contributed by atoms with van der Waals surface area (Å²) in [7, 11) is 0. The normalized spacial score (nSPS) is 39.1. The van der Waals surface area contributed by atoms with Crippen molar-refractivity contribution >= 4 is 17.9 Å². The standard InChI is InChI=1S/C19H24O9/c1-10(20)25-9-12-15-13(27-16(12)22)7-17(3)5-6-19(24,28-17)18(4,23)8-14(15)26-11(2)21/h7,14,23-24H,5-6,8-9H2,1-4H3/b13-7+/t14-,17+,18+,19-/m1/s1. The molecule has 2 bridgehead atoms. The number of hydrogen-bond acceptors (Lipinski definition) is 9. The average molecular weight is 396 g/mol. The molecule has 3 rings (SSSR count). The Labute approximate surface area is 161 Å². The maximum atomic E-state index is 12.4. The van der Waals surface area contributed by atoms with Crippen molar-refractivity contribution in [3.8, 4) is 0 Å². The first-order valence-electron chi connectivity index (χ1n) is 9.00. The summed E-state index contributed by atoms with van der Waals surface area (Å²) < 4.78 is 21.5. The van der Waals surface area contributed by atoms with Crippen molar-refractivity contribution in [2.24, 2.45) is 0 Å².